The van der Waals surface area contributed by atoms with Crippen molar-refractivity contribution in [3.63, 3.8) is 0 Å². The second kappa shape index (κ2) is 12.7. The zero-order valence-corrected chi connectivity index (χ0v) is 20.9. The van der Waals surface area contributed by atoms with Crippen molar-refractivity contribution in [2.75, 3.05) is 26.2 Å². The van der Waals surface area contributed by atoms with Crippen molar-refractivity contribution < 1.29 is 10.2 Å². The third-order valence-corrected chi connectivity index (χ3v) is 6.52. The Hall–Kier alpha value is -2.30. The van der Waals surface area contributed by atoms with Gasteiger partial charge in [-0.25, -0.2) is 0 Å². The van der Waals surface area contributed by atoms with E-state index in [0.717, 1.165) is 74.4 Å². The van der Waals surface area contributed by atoms with Crippen LogP contribution < -0.4 is 0 Å². The average Bonchev–Trinajstić information content (AvgIpc) is 2.81. The normalized spacial score (nSPS) is 12.5. The molecule has 4 nitrogen and oxygen atoms in total. The molecule has 2 rings (SSSR count). The van der Waals surface area contributed by atoms with Gasteiger partial charge in [-0.2, -0.15) is 0 Å². The maximum absolute atomic E-state index is 10.7. The summed E-state index contributed by atoms with van der Waals surface area (Å²) in [7, 11) is 0. The van der Waals surface area contributed by atoms with Gasteiger partial charge in [-0.1, -0.05) is 65.8 Å². The molecule has 0 spiro atoms. The Labute approximate surface area is 195 Å². The first-order chi connectivity index (χ1) is 15.4. The van der Waals surface area contributed by atoms with Gasteiger partial charge in [0.05, 0.1) is 0 Å². The lowest BCUT2D eigenvalue weighted by atomic mass is 9.90. The monoisotopic (exact) mass is 438 g/mol. The topological polar surface area (TPSA) is 46.9 Å². The molecule has 0 aliphatic rings. The van der Waals surface area contributed by atoms with Gasteiger partial charge in [-0.3, -0.25) is 9.80 Å². The van der Waals surface area contributed by atoms with E-state index in [-0.39, 0.29) is 0 Å². The standard InChI is InChI=1S/C28H42N2O2/c1-7-25(21-13-15-23(27(31)17-21)19-29(9-3)10-4)26(8-2)22-14-16-24(28(32)18-22)20-30(11-5)12-6/h13-18,31-32H,7-12,19-20H2,1-6H3/b26-25+. The first kappa shape index (κ1) is 26.0. The molecule has 0 unspecified atom stereocenters. The van der Waals surface area contributed by atoms with Gasteiger partial charge in [0, 0.05) is 24.2 Å². The molecule has 0 saturated heterocycles. The predicted molar refractivity (Wildman–Crippen MR) is 137 cm³/mol. The van der Waals surface area contributed by atoms with Crippen LogP contribution in [0.5, 0.6) is 11.5 Å². The molecule has 2 aromatic carbocycles. The molecule has 2 aromatic rings. The molecule has 176 valence electrons. The van der Waals surface area contributed by atoms with Gasteiger partial charge >= 0.3 is 0 Å². The van der Waals surface area contributed by atoms with Gasteiger partial charge in [0.25, 0.3) is 0 Å². The number of hydrogen-bond acceptors (Lipinski definition) is 4. The van der Waals surface area contributed by atoms with Gasteiger partial charge in [-0.15, -0.1) is 0 Å². The second-order valence-corrected chi connectivity index (χ2v) is 8.27. The zero-order valence-electron chi connectivity index (χ0n) is 20.9. The molecule has 4 heteroatoms. The Bertz CT molecular complexity index is 823. The molecule has 0 heterocycles. The minimum Gasteiger partial charge on any atom is -0.508 e. The van der Waals surface area contributed by atoms with Crippen LogP contribution in [0.1, 0.15) is 76.6 Å². The number of aromatic hydroxyl groups is 2. The molecule has 0 fully saturated rings. The lowest BCUT2D eigenvalue weighted by molar-refractivity contribution is 0.291. The summed E-state index contributed by atoms with van der Waals surface area (Å²) in [6.45, 7) is 18.2. The third-order valence-electron chi connectivity index (χ3n) is 6.52. The maximum Gasteiger partial charge on any atom is 0.120 e. The number of benzene rings is 2. The van der Waals surface area contributed by atoms with E-state index in [4.69, 9.17) is 0 Å². The SMILES string of the molecule is CC/C(=C(/CC)c1ccc(CN(CC)CC)c(O)c1)c1ccc(CN(CC)CC)c(O)c1. The number of allylic oxidation sites excluding steroid dienone is 2. The lowest BCUT2D eigenvalue weighted by Crippen LogP contribution is -2.22. The summed E-state index contributed by atoms with van der Waals surface area (Å²) >= 11 is 0. The van der Waals surface area contributed by atoms with E-state index >= 15 is 0 Å². The van der Waals surface area contributed by atoms with Crippen molar-refractivity contribution in [1.29, 1.82) is 0 Å². The molecule has 0 atom stereocenters. The minimum absolute atomic E-state index is 0.355. The van der Waals surface area contributed by atoms with Gasteiger partial charge in [0.2, 0.25) is 0 Å². The number of phenolic OH excluding ortho intramolecular Hbond substituents is 2. The highest BCUT2D eigenvalue weighted by atomic mass is 16.3. The van der Waals surface area contributed by atoms with Crippen molar-refractivity contribution >= 4 is 11.1 Å². The van der Waals surface area contributed by atoms with Gasteiger partial charge < -0.3 is 10.2 Å². The Morgan fingerprint density at radius 1 is 0.594 bits per heavy atom. The molecule has 0 amide bonds. The maximum atomic E-state index is 10.7. The third kappa shape index (κ3) is 6.36. The second-order valence-electron chi connectivity index (χ2n) is 8.27. The first-order valence-electron chi connectivity index (χ1n) is 12.2. The number of nitrogens with zero attached hydrogens (tertiary/aromatic N) is 2. The van der Waals surface area contributed by atoms with Crippen molar-refractivity contribution in [3.8, 4) is 11.5 Å². The van der Waals surface area contributed by atoms with E-state index < -0.39 is 0 Å². The Morgan fingerprint density at radius 2 is 0.938 bits per heavy atom. The van der Waals surface area contributed by atoms with Crippen LogP contribution in [0.4, 0.5) is 0 Å². The molecule has 0 saturated carbocycles. The summed E-state index contributed by atoms with van der Waals surface area (Å²) < 4.78 is 0. The number of hydrogen-bond donors (Lipinski definition) is 2. The van der Waals surface area contributed by atoms with Gasteiger partial charge in [0.15, 0.2) is 0 Å². The molecule has 32 heavy (non-hydrogen) atoms. The fourth-order valence-electron chi connectivity index (χ4n) is 4.33. The van der Waals surface area contributed by atoms with Crippen LogP contribution in [-0.2, 0) is 13.1 Å². The fraction of sp³-hybridized carbons (Fsp3) is 0.500. The van der Waals surface area contributed by atoms with E-state index in [0.29, 0.717) is 11.5 Å². The Kier molecular flexibility index (Phi) is 10.3. The number of phenols is 2. The number of rotatable bonds is 12. The highest BCUT2D eigenvalue weighted by molar-refractivity contribution is 5.91. The van der Waals surface area contributed by atoms with Crippen molar-refractivity contribution in [2.24, 2.45) is 0 Å². The molecule has 0 aliphatic heterocycles. The van der Waals surface area contributed by atoms with Crippen molar-refractivity contribution in [1.82, 2.24) is 9.80 Å². The van der Waals surface area contributed by atoms with Crippen LogP contribution in [0, 0.1) is 0 Å². The molecule has 0 aromatic heterocycles. The molecule has 0 bridgehead atoms. The predicted octanol–water partition coefficient (Wildman–Crippen LogP) is 6.51. The van der Waals surface area contributed by atoms with E-state index in [9.17, 15) is 10.2 Å². The van der Waals surface area contributed by atoms with E-state index in [1.54, 1.807) is 0 Å². The quantitative estimate of drug-likeness (QED) is 0.371. The highest BCUT2D eigenvalue weighted by Gasteiger charge is 2.14. The molecule has 0 aliphatic carbocycles. The summed E-state index contributed by atoms with van der Waals surface area (Å²) in [5.41, 5.74) is 6.46. The summed E-state index contributed by atoms with van der Waals surface area (Å²) in [5.74, 6) is 0.710. The summed E-state index contributed by atoms with van der Waals surface area (Å²) in [5, 5.41) is 21.4. The first-order valence-corrected chi connectivity index (χ1v) is 12.2. The largest absolute Gasteiger partial charge is 0.508 e. The molecule has 0 radical (unpaired) electrons. The van der Waals surface area contributed by atoms with Crippen LogP contribution >= 0.6 is 0 Å². The van der Waals surface area contributed by atoms with Crippen LogP contribution in [0.3, 0.4) is 0 Å². The van der Waals surface area contributed by atoms with Crippen LogP contribution in [0.25, 0.3) is 11.1 Å². The van der Waals surface area contributed by atoms with Crippen LogP contribution in [0.15, 0.2) is 36.4 Å². The Balaban J connectivity index is 2.41. The molecule has 2 N–H and O–H groups in total. The van der Waals surface area contributed by atoms with E-state index in [1.165, 1.54) is 11.1 Å². The highest BCUT2D eigenvalue weighted by Crippen LogP contribution is 2.35. The van der Waals surface area contributed by atoms with Crippen molar-refractivity contribution in [2.45, 2.75) is 67.5 Å². The minimum atomic E-state index is 0.355. The van der Waals surface area contributed by atoms with Gasteiger partial charge in [-0.05, 0) is 73.4 Å². The fourth-order valence-corrected chi connectivity index (χ4v) is 4.33. The Morgan fingerprint density at radius 3 is 1.19 bits per heavy atom. The molecular formula is C28H42N2O2. The van der Waals surface area contributed by atoms with Crippen molar-refractivity contribution in [3.05, 3.63) is 58.7 Å². The van der Waals surface area contributed by atoms with E-state index in [1.807, 2.05) is 12.1 Å². The average molecular weight is 439 g/mol. The van der Waals surface area contributed by atoms with Crippen LogP contribution in [0.2, 0.25) is 0 Å². The van der Waals surface area contributed by atoms with Gasteiger partial charge in [0.1, 0.15) is 11.5 Å². The molecular weight excluding hydrogens is 396 g/mol. The zero-order chi connectivity index (χ0) is 23.7. The lowest BCUT2D eigenvalue weighted by Gasteiger charge is -2.21. The summed E-state index contributed by atoms with van der Waals surface area (Å²) in [4.78, 5) is 4.59. The summed E-state index contributed by atoms with van der Waals surface area (Å²) in [6, 6.07) is 12.2. The smallest absolute Gasteiger partial charge is 0.120 e. The summed E-state index contributed by atoms with van der Waals surface area (Å²) in [6.07, 6.45) is 1.72. The van der Waals surface area contributed by atoms with Crippen LogP contribution in [-0.4, -0.2) is 46.2 Å². The van der Waals surface area contributed by atoms with E-state index in [2.05, 4.69) is 75.6 Å².